The van der Waals surface area contributed by atoms with Crippen molar-refractivity contribution in [2.24, 2.45) is 11.8 Å². The molecule has 5 rings (SSSR count). The minimum atomic E-state index is -4.48. The quantitative estimate of drug-likeness (QED) is 0.492. The van der Waals surface area contributed by atoms with E-state index < -0.39 is 11.7 Å². The summed E-state index contributed by atoms with van der Waals surface area (Å²) in [6.45, 7) is 3.47. The van der Waals surface area contributed by atoms with E-state index in [1.807, 2.05) is 29.2 Å². The predicted octanol–water partition coefficient (Wildman–Crippen LogP) is 5.28. The van der Waals surface area contributed by atoms with Gasteiger partial charge in [0, 0.05) is 66.1 Å². The summed E-state index contributed by atoms with van der Waals surface area (Å²) in [5.41, 5.74) is 5.97. The predicted molar refractivity (Wildman–Crippen MR) is 139 cm³/mol. The third kappa shape index (κ3) is 6.09. The Morgan fingerprint density at radius 1 is 1.00 bits per heavy atom. The number of nitrogens with one attached hydrogen (secondary N) is 1. The molecule has 0 radical (unpaired) electrons. The van der Waals surface area contributed by atoms with Gasteiger partial charge in [-0.3, -0.25) is 4.79 Å². The number of carbonyl (C=O) groups is 1. The number of carbonyl (C=O) groups excluding carboxylic acids is 1. The van der Waals surface area contributed by atoms with Gasteiger partial charge in [0.2, 0.25) is 5.91 Å². The van der Waals surface area contributed by atoms with Gasteiger partial charge in [0.25, 0.3) is 0 Å². The number of anilines is 3. The second-order valence-electron chi connectivity index (χ2n) is 10.4. The zero-order valence-electron chi connectivity index (χ0n) is 20.5. The molecule has 1 aliphatic carbocycles. The lowest BCUT2D eigenvalue weighted by Crippen LogP contribution is -2.37. The maximum absolute atomic E-state index is 13.1. The number of halogens is 4. The van der Waals surface area contributed by atoms with Crippen LogP contribution >= 0.6 is 11.6 Å². The molecule has 3 N–H and O–H groups in total. The van der Waals surface area contributed by atoms with Gasteiger partial charge in [-0.1, -0.05) is 11.6 Å². The molecule has 0 spiro atoms. The average Bonchev–Trinajstić information content (AvgIpc) is 3.44. The van der Waals surface area contributed by atoms with Gasteiger partial charge in [0.15, 0.2) is 0 Å². The molecule has 2 atom stereocenters. The number of fused-ring (bicyclic) bond motifs is 1. The van der Waals surface area contributed by atoms with Crippen LogP contribution in [0.4, 0.5) is 30.2 Å². The van der Waals surface area contributed by atoms with Crippen molar-refractivity contribution in [3.05, 3.63) is 53.1 Å². The first-order valence-electron chi connectivity index (χ1n) is 12.8. The Labute approximate surface area is 219 Å². The zero-order valence-corrected chi connectivity index (χ0v) is 21.3. The van der Waals surface area contributed by atoms with Gasteiger partial charge in [-0.2, -0.15) is 13.2 Å². The Bertz CT molecular complexity index is 1090. The number of ether oxygens (including phenoxy) is 1. The van der Waals surface area contributed by atoms with Crippen molar-refractivity contribution in [1.82, 2.24) is 4.90 Å². The number of benzene rings is 2. The molecule has 2 heterocycles. The average molecular weight is 537 g/mol. The van der Waals surface area contributed by atoms with Gasteiger partial charge < -0.3 is 25.6 Å². The first kappa shape index (κ1) is 26.0. The van der Waals surface area contributed by atoms with E-state index in [0.717, 1.165) is 63.0 Å². The zero-order chi connectivity index (χ0) is 26.2. The van der Waals surface area contributed by atoms with Crippen molar-refractivity contribution >= 4 is 34.6 Å². The van der Waals surface area contributed by atoms with Crippen LogP contribution in [0.2, 0.25) is 5.02 Å². The lowest BCUT2D eigenvalue weighted by molar-refractivity contribution is -0.138. The Morgan fingerprint density at radius 3 is 2.27 bits per heavy atom. The van der Waals surface area contributed by atoms with Crippen LogP contribution in [0, 0.1) is 11.8 Å². The van der Waals surface area contributed by atoms with E-state index in [9.17, 15) is 18.0 Å². The monoisotopic (exact) mass is 536 g/mol. The largest absolute Gasteiger partial charge is 0.418 e. The fourth-order valence-corrected chi connectivity index (χ4v) is 5.97. The van der Waals surface area contributed by atoms with Crippen molar-refractivity contribution in [2.45, 2.75) is 44.0 Å². The summed E-state index contributed by atoms with van der Waals surface area (Å²) in [5, 5.41) is 3.92. The molecule has 6 nitrogen and oxygen atoms in total. The fraction of sp³-hybridized carbons (Fsp3) is 0.519. The van der Waals surface area contributed by atoms with Crippen molar-refractivity contribution in [1.29, 1.82) is 0 Å². The van der Waals surface area contributed by atoms with Crippen molar-refractivity contribution in [3.63, 3.8) is 0 Å². The molecule has 0 aromatic heterocycles. The normalized spacial score (nSPS) is 25.8. The molecule has 2 aromatic rings. The number of amides is 1. The fourth-order valence-electron chi connectivity index (χ4n) is 5.84. The molecular formula is C27H32ClF3N4O2. The van der Waals surface area contributed by atoms with E-state index >= 15 is 0 Å². The van der Waals surface area contributed by atoms with Gasteiger partial charge in [-0.05, 0) is 68.1 Å². The molecule has 3 aliphatic rings. The third-order valence-electron chi connectivity index (χ3n) is 7.88. The highest BCUT2D eigenvalue weighted by molar-refractivity contribution is 6.30. The number of nitrogens with two attached hydrogens (primary N) is 1. The minimum Gasteiger partial charge on any atom is -0.398 e. The third-order valence-corrected chi connectivity index (χ3v) is 8.13. The molecule has 200 valence electrons. The Hall–Kier alpha value is -2.65. The van der Waals surface area contributed by atoms with Gasteiger partial charge in [-0.15, -0.1) is 0 Å². The van der Waals surface area contributed by atoms with Crippen molar-refractivity contribution in [3.8, 4) is 0 Å². The molecule has 1 amide bonds. The molecule has 2 aliphatic heterocycles. The lowest BCUT2D eigenvalue weighted by Gasteiger charge is -2.30. The molecule has 37 heavy (non-hydrogen) atoms. The second-order valence-corrected chi connectivity index (χ2v) is 10.9. The number of alkyl halides is 3. The summed E-state index contributed by atoms with van der Waals surface area (Å²) in [4.78, 5) is 17.1. The molecular weight excluding hydrogens is 505 g/mol. The van der Waals surface area contributed by atoms with Crippen LogP contribution in [0.1, 0.15) is 31.2 Å². The molecule has 10 heteroatoms. The van der Waals surface area contributed by atoms with Crippen LogP contribution in [0.15, 0.2) is 42.5 Å². The second kappa shape index (κ2) is 10.6. The standard InChI is InChI=1S/C27H32ClF3N4O2/c28-19-1-6-22(7-2-19)34-12-17-14-35(15-18(17)13-34)26(36)16-37-23-8-3-20(4-9-23)33-21-5-10-25(32)24(11-21)27(29,30)31/h1-2,5-7,10-11,17-18,20,23,33H,3-4,8-9,12-16,32H2. The first-order valence-corrected chi connectivity index (χ1v) is 13.2. The highest BCUT2D eigenvalue weighted by atomic mass is 35.5. The maximum atomic E-state index is 13.1. The molecule has 2 unspecified atom stereocenters. The molecule has 2 saturated heterocycles. The summed E-state index contributed by atoms with van der Waals surface area (Å²) in [6.07, 6.45) is -1.45. The van der Waals surface area contributed by atoms with Crippen molar-refractivity contribution in [2.75, 3.05) is 48.7 Å². The van der Waals surface area contributed by atoms with Gasteiger partial charge in [0.1, 0.15) is 6.61 Å². The molecule has 2 aromatic carbocycles. The number of nitrogens with zero attached hydrogens (tertiary/aromatic N) is 2. The maximum Gasteiger partial charge on any atom is 0.418 e. The number of rotatable bonds is 6. The summed E-state index contributed by atoms with van der Waals surface area (Å²) in [7, 11) is 0. The number of likely N-dealkylation sites (tertiary alicyclic amines) is 1. The van der Waals surface area contributed by atoms with E-state index in [2.05, 4.69) is 10.2 Å². The van der Waals surface area contributed by atoms with Crippen LogP contribution in [-0.4, -0.2) is 55.7 Å². The van der Waals surface area contributed by atoms with Gasteiger partial charge in [0.05, 0.1) is 11.7 Å². The number of nitrogen functional groups attached to an aromatic ring is 1. The van der Waals surface area contributed by atoms with E-state index in [1.54, 1.807) is 6.07 Å². The number of hydrogen-bond acceptors (Lipinski definition) is 5. The van der Waals surface area contributed by atoms with Crippen LogP contribution in [0.25, 0.3) is 0 Å². The van der Waals surface area contributed by atoms with E-state index in [1.165, 1.54) is 11.8 Å². The summed E-state index contributed by atoms with van der Waals surface area (Å²) in [5.74, 6) is 0.967. The van der Waals surface area contributed by atoms with Gasteiger partial charge >= 0.3 is 6.18 Å². The minimum absolute atomic E-state index is 0.0124. The summed E-state index contributed by atoms with van der Waals surface area (Å²) < 4.78 is 45.3. The Morgan fingerprint density at radius 2 is 1.65 bits per heavy atom. The van der Waals surface area contributed by atoms with Crippen LogP contribution in [0.5, 0.6) is 0 Å². The van der Waals surface area contributed by atoms with Crippen LogP contribution in [-0.2, 0) is 15.7 Å². The molecule has 3 fully saturated rings. The van der Waals surface area contributed by atoms with E-state index in [-0.39, 0.29) is 30.3 Å². The highest BCUT2D eigenvalue weighted by Gasteiger charge is 2.41. The van der Waals surface area contributed by atoms with Crippen molar-refractivity contribution < 1.29 is 22.7 Å². The smallest absolute Gasteiger partial charge is 0.398 e. The highest BCUT2D eigenvalue weighted by Crippen LogP contribution is 2.36. The number of hydrogen-bond donors (Lipinski definition) is 2. The topological polar surface area (TPSA) is 70.8 Å². The van der Waals surface area contributed by atoms with Crippen LogP contribution in [0.3, 0.4) is 0 Å². The van der Waals surface area contributed by atoms with E-state index in [4.69, 9.17) is 22.1 Å². The van der Waals surface area contributed by atoms with Crippen LogP contribution < -0.4 is 16.0 Å². The first-order chi connectivity index (χ1) is 17.7. The molecule has 0 bridgehead atoms. The Balaban J connectivity index is 1.03. The summed E-state index contributed by atoms with van der Waals surface area (Å²) >= 11 is 6.00. The van der Waals surface area contributed by atoms with Gasteiger partial charge in [-0.25, -0.2) is 0 Å². The SMILES string of the molecule is Nc1ccc(NC2CCC(OCC(=O)N3CC4CN(c5ccc(Cl)cc5)CC4C3)CC2)cc1C(F)(F)F. The van der Waals surface area contributed by atoms with E-state index in [0.29, 0.717) is 17.5 Å². The summed E-state index contributed by atoms with van der Waals surface area (Å²) in [6, 6.07) is 11.9. The lowest BCUT2D eigenvalue weighted by atomic mass is 9.92. The Kier molecular flexibility index (Phi) is 7.45. The molecule has 1 saturated carbocycles.